The minimum Gasteiger partial charge on any atom is -0.497 e. The van der Waals surface area contributed by atoms with E-state index in [0.717, 1.165) is 19.3 Å². The topological polar surface area (TPSA) is 47.9 Å². The van der Waals surface area contributed by atoms with Crippen LogP contribution in [0.4, 0.5) is 14.5 Å². The summed E-state index contributed by atoms with van der Waals surface area (Å²) < 4.78 is 41.4. The number of benzene rings is 2. The fourth-order valence-electron chi connectivity index (χ4n) is 5.83. The molecule has 0 amide bonds. The Bertz CT molecular complexity index is 1070. The van der Waals surface area contributed by atoms with Gasteiger partial charge in [-0.25, -0.2) is 0 Å². The van der Waals surface area contributed by atoms with Crippen molar-refractivity contribution in [3.63, 3.8) is 0 Å². The molecule has 4 rings (SSSR count). The molecule has 2 aliphatic carbocycles. The van der Waals surface area contributed by atoms with Gasteiger partial charge in [0, 0.05) is 12.3 Å². The molecule has 36 heavy (non-hydrogen) atoms. The van der Waals surface area contributed by atoms with E-state index < -0.39 is 17.8 Å². The molecule has 0 N–H and O–H groups in total. The molecule has 2 saturated carbocycles. The second kappa shape index (κ2) is 10.7. The van der Waals surface area contributed by atoms with E-state index in [1.165, 1.54) is 5.56 Å². The van der Waals surface area contributed by atoms with E-state index in [9.17, 15) is 4.79 Å². The van der Waals surface area contributed by atoms with Crippen molar-refractivity contribution in [2.45, 2.75) is 76.7 Å². The molecule has 4 nitrogen and oxygen atoms in total. The molecule has 2 fully saturated rings. The Labute approximate surface area is 213 Å². The fraction of sp³-hybridized carbons (Fsp3) is 0.533. The molecule has 2 aliphatic rings. The first-order chi connectivity index (χ1) is 17.1. The number of methoxy groups -OCH3 is 1. The second-order valence-electron chi connectivity index (χ2n) is 10.9. The Morgan fingerprint density at radius 2 is 1.72 bits per heavy atom. The van der Waals surface area contributed by atoms with Crippen LogP contribution in [0.1, 0.15) is 64.9 Å². The zero-order chi connectivity index (χ0) is 25.9. The lowest BCUT2D eigenvalue weighted by Gasteiger charge is -2.44. The van der Waals surface area contributed by atoms with Gasteiger partial charge in [0.15, 0.2) is 0 Å². The van der Waals surface area contributed by atoms with Gasteiger partial charge >= 0.3 is 5.97 Å². The van der Waals surface area contributed by atoms with Crippen molar-refractivity contribution in [3.8, 4) is 5.75 Å². The van der Waals surface area contributed by atoms with Crippen LogP contribution in [0.3, 0.4) is 0 Å². The second-order valence-corrected chi connectivity index (χ2v) is 10.9. The van der Waals surface area contributed by atoms with Gasteiger partial charge in [0.25, 0.3) is 5.92 Å². The molecule has 0 aromatic heterocycles. The predicted octanol–water partition coefficient (Wildman–Crippen LogP) is 7.53. The smallest absolute Gasteiger partial charge is 0.315 e. The first-order valence-electron chi connectivity index (χ1n) is 13.0. The first-order valence-corrected chi connectivity index (χ1v) is 13.0. The number of halogens is 2. The van der Waals surface area contributed by atoms with Gasteiger partial charge in [-0.3, -0.25) is 9.79 Å². The van der Waals surface area contributed by atoms with Gasteiger partial charge in [-0.15, -0.1) is 0 Å². The van der Waals surface area contributed by atoms with Crippen molar-refractivity contribution in [2.75, 3.05) is 7.11 Å². The Balaban J connectivity index is 1.60. The maximum atomic E-state index is 15.1. The van der Waals surface area contributed by atoms with Crippen LogP contribution in [-0.2, 0) is 14.9 Å². The van der Waals surface area contributed by atoms with E-state index in [1.807, 2.05) is 18.2 Å². The van der Waals surface area contributed by atoms with Crippen LogP contribution < -0.4 is 4.74 Å². The van der Waals surface area contributed by atoms with Gasteiger partial charge in [-0.05, 0) is 66.8 Å². The highest BCUT2D eigenvalue weighted by molar-refractivity contribution is 6.07. The number of aliphatic imine (C=N–C) groups is 1. The number of rotatable bonds is 6. The number of ether oxygens (including phenoxy) is 2. The number of carbonyl (C=O) groups excluding carboxylic acids is 1. The molecular formula is C30H37F2NO3. The lowest BCUT2D eigenvalue weighted by atomic mass is 9.64. The van der Waals surface area contributed by atoms with Crippen LogP contribution in [0.15, 0.2) is 59.6 Å². The monoisotopic (exact) mass is 497 g/mol. The summed E-state index contributed by atoms with van der Waals surface area (Å²) in [5, 5.41) is 0. The first kappa shape index (κ1) is 26.3. The van der Waals surface area contributed by atoms with Crippen molar-refractivity contribution < 1.29 is 23.0 Å². The van der Waals surface area contributed by atoms with Crippen LogP contribution in [0.25, 0.3) is 0 Å². The van der Waals surface area contributed by atoms with E-state index in [4.69, 9.17) is 9.47 Å². The molecule has 6 heteroatoms. The minimum absolute atomic E-state index is 0.103. The lowest BCUT2D eigenvalue weighted by Crippen LogP contribution is -2.47. The molecule has 0 bridgehead atoms. The fourth-order valence-corrected chi connectivity index (χ4v) is 5.83. The van der Waals surface area contributed by atoms with E-state index >= 15 is 8.78 Å². The standard InChI is InChI=1S/C30H37F2NO3/c1-20-12-17-25(29(2,3)21-9-6-5-7-10-21)26(19-20)36-28(34)24-11-8-18-30(31,32)27(24)33-22-13-15-23(35-4)16-14-22/h5-7,9-10,13-16,20,24-26H,8,11-12,17-19H2,1-4H3/t20-,24?,25-,26-/m1/s1. The van der Waals surface area contributed by atoms with Gasteiger partial charge in [-0.1, -0.05) is 57.5 Å². The number of hydrogen-bond donors (Lipinski definition) is 0. The van der Waals surface area contributed by atoms with Crippen molar-refractivity contribution in [2.24, 2.45) is 22.7 Å². The Kier molecular flexibility index (Phi) is 7.82. The Morgan fingerprint density at radius 3 is 2.39 bits per heavy atom. The van der Waals surface area contributed by atoms with Crippen LogP contribution >= 0.6 is 0 Å². The quantitative estimate of drug-likeness (QED) is 0.388. The minimum atomic E-state index is -3.15. The van der Waals surface area contributed by atoms with E-state index in [-0.39, 0.29) is 36.0 Å². The summed E-state index contributed by atoms with van der Waals surface area (Å²) >= 11 is 0. The lowest BCUT2D eigenvalue weighted by molar-refractivity contribution is -0.160. The number of esters is 1. The third-order valence-corrected chi connectivity index (χ3v) is 8.06. The van der Waals surface area contributed by atoms with Crippen molar-refractivity contribution >= 4 is 17.4 Å². The molecule has 0 radical (unpaired) electrons. The van der Waals surface area contributed by atoms with Gasteiger partial charge in [0.1, 0.15) is 23.5 Å². The van der Waals surface area contributed by atoms with E-state index in [1.54, 1.807) is 31.4 Å². The number of hydrogen-bond acceptors (Lipinski definition) is 4. The summed E-state index contributed by atoms with van der Waals surface area (Å²) in [7, 11) is 1.54. The van der Waals surface area contributed by atoms with E-state index in [0.29, 0.717) is 23.8 Å². The van der Waals surface area contributed by atoms with Crippen LogP contribution in [0.2, 0.25) is 0 Å². The zero-order valence-electron chi connectivity index (χ0n) is 21.7. The average molecular weight is 498 g/mol. The van der Waals surface area contributed by atoms with Crippen molar-refractivity contribution in [1.29, 1.82) is 0 Å². The van der Waals surface area contributed by atoms with Crippen LogP contribution in [0.5, 0.6) is 5.75 Å². The number of nitrogens with zero attached hydrogens (tertiary/aromatic N) is 1. The molecule has 4 atom stereocenters. The predicted molar refractivity (Wildman–Crippen MR) is 138 cm³/mol. The molecule has 194 valence electrons. The molecule has 0 aliphatic heterocycles. The largest absolute Gasteiger partial charge is 0.497 e. The summed E-state index contributed by atoms with van der Waals surface area (Å²) in [6.07, 6.45) is 2.66. The third kappa shape index (κ3) is 5.63. The van der Waals surface area contributed by atoms with Crippen LogP contribution in [0, 0.1) is 17.8 Å². The van der Waals surface area contributed by atoms with Gasteiger partial charge < -0.3 is 9.47 Å². The normalized spacial score (nSPS) is 27.4. The number of alkyl halides is 2. The van der Waals surface area contributed by atoms with Crippen molar-refractivity contribution in [1.82, 2.24) is 0 Å². The molecule has 0 saturated heterocycles. The maximum absolute atomic E-state index is 15.1. The summed E-state index contributed by atoms with van der Waals surface area (Å²) in [6, 6.07) is 16.9. The van der Waals surface area contributed by atoms with E-state index in [2.05, 4.69) is 37.9 Å². The molecule has 0 spiro atoms. The maximum Gasteiger partial charge on any atom is 0.315 e. The van der Waals surface area contributed by atoms with Gasteiger partial charge in [0.05, 0.1) is 12.8 Å². The molecule has 2 aromatic carbocycles. The third-order valence-electron chi connectivity index (χ3n) is 8.06. The highest BCUT2D eigenvalue weighted by atomic mass is 19.3. The number of carbonyl (C=O) groups is 1. The molecule has 2 aromatic rings. The van der Waals surface area contributed by atoms with Gasteiger partial charge in [0.2, 0.25) is 0 Å². The summed E-state index contributed by atoms with van der Waals surface area (Å²) in [4.78, 5) is 17.8. The van der Waals surface area contributed by atoms with Crippen molar-refractivity contribution in [3.05, 3.63) is 60.2 Å². The average Bonchev–Trinajstić information content (AvgIpc) is 2.86. The highest BCUT2D eigenvalue weighted by Crippen LogP contribution is 2.44. The molecule has 0 heterocycles. The van der Waals surface area contributed by atoms with Crippen LogP contribution in [-0.4, -0.2) is 30.8 Å². The SMILES string of the molecule is COc1ccc(N=C2C(C(=O)O[C@@H]3C[C@H](C)CC[C@H]3C(C)(C)c3ccccc3)CCCC2(F)F)cc1. The zero-order valence-corrected chi connectivity index (χ0v) is 21.7. The molecular weight excluding hydrogens is 460 g/mol. The Morgan fingerprint density at radius 1 is 1.03 bits per heavy atom. The molecule has 1 unspecified atom stereocenters. The van der Waals surface area contributed by atoms with Gasteiger partial charge in [-0.2, -0.15) is 8.78 Å². The highest BCUT2D eigenvalue weighted by Gasteiger charge is 2.49. The Hall–Kier alpha value is -2.76. The summed E-state index contributed by atoms with van der Waals surface area (Å²) in [5.74, 6) is -3.64. The summed E-state index contributed by atoms with van der Waals surface area (Å²) in [6.45, 7) is 6.54. The summed E-state index contributed by atoms with van der Waals surface area (Å²) in [5.41, 5.74) is 0.964.